The first-order valence-corrected chi connectivity index (χ1v) is 9.87. The lowest BCUT2D eigenvalue weighted by molar-refractivity contribution is -0.119. The molecule has 11 heteroatoms. The van der Waals surface area contributed by atoms with Gasteiger partial charge in [0.1, 0.15) is 40.3 Å². The van der Waals surface area contributed by atoms with E-state index < -0.39 is 40.7 Å². The number of carbonyl (C=O) groups is 1. The molecule has 7 nitrogen and oxygen atoms in total. The van der Waals surface area contributed by atoms with Gasteiger partial charge in [-0.2, -0.15) is 0 Å². The van der Waals surface area contributed by atoms with Crippen LogP contribution in [0, 0.1) is 23.3 Å². The highest BCUT2D eigenvalue weighted by Gasteiger charge is 2.42. The van der Waals surface area contributed by atoms with Crippen LogP contribution in [0.4, 0.5) is 29.2 Å². The molecule has 0 bridgehead atoms. The van der Waals surface area contributed by atoms with Gasteiger partial charge in [0, 0.05) is 18.2 Å². The van der Waals surface area contributed by atoms with Crippen LogP contribution in [0.1, 0.15) is 30.8 Å². The Labute approximate surface area is 184 Å². The van der Waals surface area contributed by atoms with E-state index in [2.05, 4.69) is 20.3 Å². The van der Waals surface area contributed by atoms with Gasteiger partial charge in [0.2, 0.25) is 5.91 Å². The Hall–Kier alpha value is -4.02. The van der Waals surface area contributed by atoms with Crippen molar-refractivity contribution in [3.05, 3.63) is 70.7 Å². The van der Waals surface area contributed by atoms with Gasteiger partial charge in [-0.15, -0.1) is 0 Å². The lowest BCUT2D eigenvalue weighted by Crippen LogP contribution is -2.27. The summed E-state index contributed by atoms with van der Waals surface area (Å²) in [6, 6.07) is 4.05. The molecule has 1 amide bonds. The monoisotopic (exact) mass is 456 g/mol. The summed E-state index contributed by atoms with van der Waals surface area (Å²) in [5.74, 6) is -4.43. The number of fused-ring (bicyclic) bond motifs is 2. The Kier molecular flexibility index (Phi) is 4.42. The van der Waals surface area contributed by atoms with Gasteiger partial charge < -0.3 is 15.5 Å². The summed E-state index contributed by atoms with van der Waals surface area (Å²) in [7, 11) is 0. The Morgan fingerprint density at radius 1 is 1.03 bits per heavy atom. The summed E-state index contributed by atoms with van der Waals surface area (Å²) in [6.45, 7) is 3.33. The van der Waals surface area contributed by atoms with Crippen molar-refractivity contribution < 1.29 is 22.4 Å². The van der Waals surface area contributed by atoms with Crippen LogP contribution in [0.5, 0.6) is 0 Å². The second kappa shape index (κ2) is 6.99. The van der Waals surface area contributed by atoms with Gasteiger partial charge in [0.15, 0.2) is 17.5 Å². The van der Waals surface area contributed by atoms with E-state index in [1.165, 1.54) is 22.7 Å². The summed E-state index contributed by atoms with van der Waals surface area (Å²) in [5, 5.41) is 2.63. The SMILES string of the molecule is CC1(C)C(=O)Nc2nc(-c3nc(Cc4c(F)ccc(F)c4F)n4cccc(F)c34)nc(N)c21. The lowest BCUT2D eigenvalue weighted by Gasteiger charge is -2.16. The van der Waals surface area contributed by atoms with Crippen molar-refractivity contribution in [3.8, 4) is 11.5 Å². The molecule has 4 heterocycles. The molecule has 5 rings (SSSR count). The van der Waals surface area contributed by atoms with Crippen LogP contribution in [0.3, 0.4) is 0 Å². The number of pyridine rings is 1. The maximum absolute atomic E-state index is 14.8. The number of hydrogen-bond donors (Lipinski definition) is 2. The van der Waals surface area contributed by atoms with Crippen molar-refractivity contribution in [2.24, 2.45) is 0 Å². The number of anilines is 2. The summed E-state index contributed by atoms with van der Waals surface area (Å²) in [4.78, 5) is 25.2. The molecule has 168 valence electrons. The zero-order chi connectivity index (χ0) is 23.7. The van der Waals surface area contributed by atoms with E-state index in [1.807, 2.05) is 0 Å². The Morgan fingerprint density at radius 3 is 2.52 bits per heavy atom. The number of benzene rings is 1. The van der Waals surface area contributed by atoms with Crippen molar-refractivity contribution >= 4 is 23.1 Å². The molecular weight excluding hydrogens is 440 g/mol. The number of nitrogens with zero attached hydrogens (tertiary/aromatic N) is 4. The molecule has 0 aliphatic carbocycles. The molecule has 0 spiro atoms. The number of hydrogen-bond acceptors (Lipinski definition) is 5. The van der Waals surface area contributed by atoms with Crippen molar-refractivity contribution in [1.82, 2.24) is 19.4 Å². The van der Waals surface area contributed by atoms with Crippen LogP contribution in [0.25, 0.3) is 17.0 Å². The number of rotatable bonds is 3. The third-order valence-corrected chi connectivity index (χ3v) is 5.74. The van der Waals surface area contributed by atoms with Crippen LogP contribution in [-0.2, 0) is 16.6 Å². The Morgan fingerprint density at radius 2 is 1.76 bits per heavy atom. The molecule has 1 aliphatic rings. The first kappa shape index (κ1) is 20.9. The number of nitrogen functional groups attached to an aromatic ring is 1. The van der Waals surface area contributed by atoms with Gasteiger partial charge in [-0.1, -0.05) is 0 Å². The second-order valence-corrected chi connectivity index (χ2v) is 8.19. The lowest BCUT2D eigenvalue weighted by atomic mass is 9.87. The minimum Gasteiger partial charge on any atom is -0.383 e. The molecule has 4 aromatic rings. The van der Waals surface area contributed by atoms with E-state index >= 15 is 0 Å². The van der Waals surface area contributed by atoms with Gasteiger partial charge >= 0.3 is 0 Å². The Bertz CT molecular complexity index is 1480. The number of carbonyl (C=O) groups excluding carboxylic acids is 1. The van der Waals surface area contributed by atoms with Crippen LogP contribution in [0.2, 0.25) is 0 Å². The molecule has 0 radical (unpaired) electrons. The third kappa shape index (κ3) is 3.03. The standard InChI is InChI=1S/C22H16F4N6O/c1-22(2)14-18(27)29-20(30-19(14)31-21(22)33)16-17-12(25)4-3-7-32(17)13(28-16)8-9-10(23)5-6-11(24)15(9)26/h3-7H,8H2,1-2H3,(H3,27,29,30,31,33). The fraction of sp³-hybridized carbons (Fsp3) is 0.182. The van der Waals surface area contributed by atoms with E-state index in [4.69, 9.17) is 5.73 Å². The van der Waals surface area contributed by atoms with Crippen LogP contribution < -0.4 is 11.1 Å². The first-order valence-electron chi connectivity index (χ1n) is 9.87. The molecule has 3 aromatic heterocycles. The molecule has 0 fully saturated rings. The average Bonchev–Trinajstić information content (AvgIpc) is 3.23. The minimum atomic E-state index is -1.35. The Balaban J connectivity index is 1.71. The largest absolute Gasteiger partial charge is 0.383 e. The van der Waals surface area contributed by atoms with Crippen LogP contribution in [-0.4, -0.2) is 25.3 Å². The first-order chi connectivity index (χ1) is 15.6. The van der Waals surface area contributed by atoms with E-state index in [0.29, 0.717) is 11.6 Å². The molecular formula is C22H16F4N6O. The topological polar surface area (TPSA) is 98.2 Å². The summed E-state index contributed by atoms with van der Waals surface area (Å²) in [6.07, 6.45) is 0.977. The molecule has 1 aliphatic heterocycles. The highest BCUT2D eigenvalue weighted by molar-refractivity contribution is 6.06. The molecule has 1 aromatic carbocycles. The maximum Gasteiger partial charge on any atom is 0.235 e. The molecule has 0 atom stereocenters. The smallest absolute Gasteiger partial charge is 0.235 e. The van der Waals surface area contributed by atoms with Crippen molar-refractivity contribution in [2.45, 2.75) is 25.7 Å². The molecule has 0 unspecified atom stereocenters. The fourth-order valence-corrected chi connectivity index (χ4v) is 4.00. The summed E-state index contributed by atoms with van der Waals surface area (Å²) >= 11 is 0. The van der Waals surface area contributed by atoms with Gasteiger partial charge in [-0.25, -0.2) is 32.5 Å². The van der Waals surface area contributed by atoms with Crippen LogP contribution >= 0.6 is 0 Å². The second-order valence-electron chi connectivity index (χ2n) is 8.19. The zero-order valence-corrected chi connectivity index (χ0v) is 17.4. The van der Waals surface area contributed by atoms with E-state index in [1.54, 1.807) is 13.8 Å². The zero-order valence-electron chi connectivity index (χ0n) is 17.4. The molecule has 0 saturated carbocycles. The number of imidazole rings is 1. The molecule has 3 N–H and O–H groups in total. The average molecular weight is 456 g/mol. The summed E-state index contributed by atoms with van der Waals surface area (Å²) in [5.41, 5.74) is 4.89. The minimum absolute atomic E-state index is 0.0135. The van der Waals surface area contributed by atoms with Gasteiger partial charge in [0.25, 0.3) is 0 Å². The normalized spacial score (nSPS) is 14.5. The molecule has 0 saturated heterocycles. The molecule has 33 heavy (non-hydrogen) atoms. The number of aromatic nitrogens is 4. The van der Waals surface area contributed by atoms with E-state index in [0.717, 1.165) is 6.07 Å². The predicted molar refractivity (Wildman–Crippen MR) is 111 cm³/mol. The van der Waals surface area contributed by atoms with Gasteiger partial charge in [0.05, 0.1) is 11.0 Å². The van der Waals surface area contributed by atoms with Crippen molar-refractivity contribution in [1.29, 1.82) is 0 Å². The fourth-order valence-electron chi connectivity index (χ4n) is 4.00. The van der Waals surface area contributed by atoms with Gasteiger partial charge in [-0.05, 0) is 38.1 Å². The highest BCUT2D eigenvalue weighted by atomic mass is 19.2. The third-order valence-electron chi connectivity index (χ3n) is 5.74. The van der Waals surface area contributed by atoms with Crippen LogP contribution in [0.15, 0.2) is 30.5 Å². The van der Waals surface area contributed by atoms with Crippen molar-refractivity contribution in [3.63, 3.8) is 0 Å². The summed E-state index contributed by atoms with van der Waals surface area (Å²) < 4.78 is 58.3. The quantitative estimate of drug-likeness (QED) is 0.362. The number of amides is 1. The predicted octanol–water partition coefficient (Wildman–Crippen LogP) is 3.75. The van der Waals surface area contributed by atoms with Crippen molar-refractivity contribution in [2.75, 3.05) is 11.1 Å². The van der Waals surface area contributed by atoms with E-state index in [-0.39, 0.29) is 40.4 Å². The van der Waals surface area contributed by atoms with Gasteiger partial charge in [-0.3, -0.25) is 4.79 Å². The number of halogens is 4. The van der Waals surface area contributed by atoms with E-state index in [9.17, 15) is 22.4 Å². The number of nitrogens with two attached hydrogens (primary N) is 1. The highest BCUT2D eigenvalue weighted by Crippen LogP contribution is 2.40. The maximum atomic E-state index is 14.8. The number of nitrogens with one attached hydrogen (secondary N) is 1.